The number of fused-ring (bicyclic) bond motifs is 3. The molecule has 3 aliphatic rings. The highest BCUT2D eigenvalue weighted by Gasteiger charge is 2.52. The summed E-state index contributed by atoms with van der Waals surface area (Å²) >= 11 is 0. The van der Waals surface area contributed by atoms with E-state index in [4.69, 9.17) is 9.47 Å². The number of hydrogen-bond donors (Lipinski definition) is 1. The zero-order valence-corrected chi connectivity index (χ0v) is 21.9. The molecule has 2 fully saturated rings. The van der Waals surface area contributed by atoms with Gasteiger partial charge in [0, 0.05) is 67.2 Å². The van der Waals surface area contributed by atoms with Crippen molar-refractivity contribution in [2.24, 2.45) is 5.92 Å². The van der Waals surface area contributed by atoms with Gasteiger partial charge in [-0.1, -0.05) is 12.1 Å². The summed E-state index contributed by atoms with van der Waals surface area (Å²) in [6, 6.07) is 11.3. The molecule has 37 heavy (non-hydrogen) atoms. The minimum absolute atomic E-state index is 0.0794. The molecule has 1 spiro atoms. The summed E-state index contributed by atoms with van der Waals surface area (Å²) in [6.07, 6.45) is 6.77. The maximum absolute atomic E-state index is 13.5. The summed E-state index contributed by atoms with van der Waals surface area (Å²) in [5.41, 5.74) is 4.61. The van der Waals surface area contributed by atoms with Gasteiger partial charge in [0.25, 0.3) is 5.91 Å². The minimum Gasteiger partial charge on any atom is -0.472 e. The Bertz CT molecular complexity index is 1370. The molecule has 7 heteroatoms. The van der Waals surface area contributed by atoms with Gasteiger partial charge in [-0.25, -0.2) is 4.79 Å². The van der Waals surface area contributed by atoms with Gasteiger partial charge in [-0.05, 0) is 68.9 Å². The second-order valence-electron chi connectivity index (χ2n) is 11.0. The van der Waals surface area contributed by atoms with Gasteiger partial charge in [-0.15, -0.1) is 0 Å². The van der Waals surface area contributed by atoms with Gasteiger partial charge in [-0.3, -0.25) is 9.69 Å². The number of nitrogens with zero attached hydrogens (tertiary/aromatic N) is 2. The van der Waals surface area contributed by atoms with E-state index in [1.807, 2.05) is 25.1 Å². The van der Waals surface area contributed by atoms with Crippen LogP contribution >= 0.6 is 0 Å². The summed E-state index contributed by atoms with van der Waals surface area (Å²) in [7, 11) is 3.44. The number of piperidine rings is 2. The third-order valence-electron chi connectivity index (χ3n) is 8.48. The average Bonchev–Trinajstić information content (AvgIpc) is 3.25. The van der Waals surface area contributed by atoms with Crippen LogP contribution in [0.3, 0.4) is 0 Å². The van der Waals surface area contributed by atoms with E-state index in [2.05, 4.69) is 16.0 Å². The summed E-state index contributed by atoms with van der Waals surface area (Å²) < 4.78 is 12.7. The molecule has 7 nitrogen and oxygen atoms in total. The highest BCUT2D eigenvalue weighted by Crippen LogP contribution is 2.50. The normalized spacial score (nSPS) is 22.9. The van der Waals surface area contributed by atoms with Gasteiger partial charge >= 0.3 is 5.97 Å². The number of H-pyrrole nitrogens is 1. The predicted molar refractivity (Wildman–Crippen MR) is 142 cm³/mol. The quantitative estimate of drug-likeness (QED) is 0.506. The first-order valence-electron chi connectivity index (χ1n) is 13.4. The van der Waals surface area contributed by atoms with Gasteiger partial charge in [0.2, 0.25) is 0 Å². The highest BCUT2D eigenvalue weighted by atomic mass is 16.5. The molecule has 0 radical (unpaired) electrons. The number of carbonyl (C=O) groups excluding carboxylic acids is 2. The molecule has 0 bridgehead atoms. The number of carbonyl (C=O) groups is 2. The molecule has 3 aliphatic heterocycles. The van der Waals surface area contributed by atoms with E-state index in [9.17, 15) is 9.59 Å². The molecule has 2 saturated heterocycles. The SMILES string of the molecule is Cc1[nH]c2ccc3c(c2c1C(=O)OCc1cccc(C(=O)N(C)C)c1)CC1CCCN2CCCCC12O3. The molecule has 2 atom stereocenters. The van der Waals surface area contributed by atoms with Crippen LogP contribution in [0.2, 0.25) is 0 Å². The number of ether oxygens (including phenoxy) is 2. The van der Waals surface area contributed by atoms with Gasteiger partial charge in [-0.2, -0.15) is 0 Å². The van der Waals surface area contributed by atoms with E-state index in [1.54, 1.807) is 26.2 Å². The summed E-state index contributed by atoms with van der Waals surface area (Å²) in [5, 5.41) is 0.930. The van der Waals surface area contributed by atoms with Crippen molar-refractivity contribution >= 4 is 22.8 Å². The predicted octanol–water partition coefficient (Wildman–Crippen LogP) is 5.06. The van der Waals surface area contributed by atoms with Crippen LogP contribution < -0.4 is 4.74 Å². The van der Waals surface area contributed by atoms with Crippen LogP contribution in [-0.4, -0.2) is 59.6 Å². The number of aromatic nitrogens is 1. The first-order valence-corrected chi connectivity index (χ1v) is 13.4. The Hall–Kier alpha value is -3.32. The van der Waals surface area contributed by atoms with Crippen LogP contribution in [0.4, 0.5) is 0 Å². The van der Waals surface area contributed by atoms with E-state index in [0.717, 1.165) is 65.8 Å². The number of nitrogens with one attached hydrogen (secondary N) is 1. The van der Waals surface area contributed by atoms with Gasteiger partial charge in [0.15, 0.2) is 5.72 Å². The molecule has 0 saturated carbocycles. The summed E-state index contributed by atoms with van der Waals surface area (Å²) in [6.45, 7) is 4.24. The molecule has 3 aromatic rings. The lowest BCUT2D eigenvalue weighted by Gasteiger charge is -2.56. The third kappa shape index (κ3) is 4.00. The lowest BCUT2D eigenvalue weighted by Crippen LogP contribution is -2.64. The summed E-state index contributed by atoms with van der Waals surface area (Å²) in [4.78, 5) is 33.3. The number of aromatic amines is 1. The summed E-state index contributed by atoms with van der Waals surface area (Å²) in [5.74, 6) is 0.894. The van der Waals surface area contributed by atoms with E-state index >= 15 is 0 Å². The molecule has 6 rings (SSSR count). The molecule has 2 unspecified atom stereocenters. The van der Waals surface area contributed by atoms with Crippen molar-refractivity contribution in [1.29, 1.82) is 0 Å². The number of amides is 1. The first kappa shape index (κ1) is 24.0. The van der Waals surface area contributed by atoms with Crippen molar-refractivity contribution in [3.63, 3.8) is 0 Å². The standard InChI is InChI=1S/C30H35N3O4/c1-19-26(29(35)36-18-20-8-6-9-21(16-20)28(34)32(2)3)27-23-17-22-10-7-15-33-14-5-4-13-30(22,33)37-25(23)12-11-24(27)31-19/h6,8-9,11-12,16,22,31H,4-5,7,10,13-15,17-18H2,1-3H3. The Labute approximate surface area is 217 Å². The average molecular weight is 502 g/mol. The maximum atomic E-state index is 13.5. The van der Waals surface area contributed by atoms with E-state index in [0.29, 0.717) is 17.0 Å². The molecule has 2 aromatic carbocycles. The Balaban J connectivity index is 1.30. The second-order valence-corrected chi connectivity index (χ2v) is 11.0. The van der Waals surface area contributed by atoms with Crippen LogP contribution in [0, 0.1) is 12.8 Å². The van der Waals surface area contributed by atoms with E-state index in [-0.39, 0.29) is 24.2 Å². The maximum Gasteiger partial charge on any atom is 0.340 e. The van der Waals surface area contributed by atoms with Gasteiger partial charge in [0.1, 0.15) is 12.4 Å². The number of hydrogen-bond acceptors (Lipinski definition) is 5. The highest BCUT2D eigenvalue weighted by molar-refractivity contribution is 6.07. The van der Waals surface area contributed by atoms with Gasteiger partial charge < -0.3 is 19.4 Å². The largest absolute Gasteiger partial charge is 0.472 e. The lowest BCUT2D eigenvalue weighted by molar-refractivity contribution is -0.177. The molecule has 1 amide bonds. The molecule has 1 N–H and O–H groups in total. The number of aryl methyl sites for hydroxylation is 1. The Morgan fingerprint density at radius 3 is 2.84 bits per heavy atom. The second kappa shape index (κ2) is 9.21. The zero-order chi connectivity index (χ0) is 25.7. The topological polar surface area (TPSA) is 74.9 Å². The fraction of sp³-hybridized carbons (Fsp3) is 0.467. The minimum atomic E-state index is -0.357. The van der Waals surface area contributed by atoms with Crippen molar-refractivity contribution in [1.82, 2.24) is 14.8 Å². The van der Waals surface area contributed by atoms with Crippen molar-refractivity contribution in [2.75, 3.05) is 27.2 Å². The molecule has 0 aliphatic carbocycles. The van der Waals surface area contributed by atoms with Crippen LogP contribution in [0.15, 0.2) is 36.4 Å². The van der Waals surface area contributed by atoms with E-state index < -0.39 is 0 Å². The monoisotopic (exact) mass is 501 g/mol. The van der Waals surface area contributed by atoms with E-state index in [1.165, 1.54) is 24.2 Å². The Kier molecular flexibility index (Phi) is 5.98. The van der Waals surface area contributed by atoms with Crippen LogP contribution in [0.5, 0.6) is 5.75 Å². The van der Waals surface area contributed by atoms with Crippen molar-refractivity contribution in [3.8, 4) is 5.75 Å². The van der Waals surface area contributed by atoms with Crippen LogP contribution in [-0.2, 0) is 17.8 Å². The number of esters is 1. The molecule has 4 heterocycles. The Morgan fingerprint density at radius 1 is 1.16 bits per heavy atom. The van der Waals surface area contributed by atoms with Crippen molar-refractivity contribution in [3.05, 3.63) is 64.3 Å². The Morgan fingerprint density at radius 2 is 2.00 bits per heavy atom. The fourth-order valence-corrected chi connectivity index (χ4v) is 6.74. The van der Waals surface area contributed by atoms with Crippen LogP contribution in [0.1, 0.15) is 69.6 Å². The molecule has 194 valence electrons. The molecule has 1 aromatic heterocycles. The van der Waals surface area contributed by atoms with Gasteiger partial charge in [0.05, 0.1) is 5.56 Å². The zero-order valence-electron chi connectivity index (χ0n) is 21.9. The molecular weight excluding hydrogens is 466 g/mol. The first-order chi connectivity index (χ1) is 17.9. The van der Waals surface area contributed by atoms with Crippen molar-refractivity contribution in [2.45, 2.75) is 57.8 Å². The molecular formula is C30H35N3O4. The number of rotatable bonds is 4. The smallest absolute Gasteiger partial charge is 0.340 e. The van der Waals surface area contributed by atoms with Crippen molar-refractivity contribution < 1.29 is 19.1 Å². The fourth-order valence-electron chi connectivity index (χ4n) is 6.74. The van der Waals surface area contributed by atoms with Crippen LogP contribution in [0.25, 0.3) is 10.9 Å². The number of benzene rings is 2. The lowest BCUT2D eigenvalue weighted by atomic mass is 9.74. The third-order valence-corrected chi connectivity index (χ3v) is 8.48.